The van der Waals surface area contributed by atoms with Gasteiger partial charge in [0.15, 0.2) is 0 Å². The third-order valence-corrected chi connectivity index (χ3v) is 4.40. The van der Waals surface area contributed by atoms with Crippen molar-refractivity contribution in [3.63, 3.8) is 0 Å². The topological polar surface area (TPSA) is 25.2 Å². The van der Waals surface area contributed by atoms with Crippen LogP contribution in [0.25, 0.3) is 10.8 Å². The van der Waals surface area contributed by atoms with Crippen LogP contribution in [-0.2, 0) is 6.54 Å². The number of nitrogens with one attached hydrogen (secondary N) is 1. The van der Waals surface area contributed by atoms with Gasteiger partial charge in [0.1, 0.15) is 11.5 Å². The maximum atomic E-state index is 5.95. The highest BCUT2D eigenvalue weighted by Crippen LogP contribution is 2.47. The van der Waals surface area contributed by atoms with Crippen LogP contribution in [0.5, 0.6) is 0 Å². The minimum Gasteiger partial charge on any atom is -0.464 e. The number of benzene rings is 2. The van der Waals surface area contributed by atoms with E-state index in [0.29, 0.717) is 5.92 Å². The molecular formula is C19H19NO. The van der Waals surface area contributed by atoms with Crippen molar-refractivity contribution < 1.29 is 4.42 Å². The highest BCUT2D eigenvalue weighted by molar-refractivity contribution is 5.93. The van der Waals surface area contributed by atoms with Gasteiger partial charge in [-0.3, -0.25) is 0 Å². The molecule has 0 bridgehead atoms. The molecule has 1 N–H and O–H groups in total. The summed E-state index contributed by atoms with van der Waals surface area (Å²) < 4.78 is 5.95. The molecular weight excluding hydrogens is 258 g/mol. The summed E-state index contributed by atoms with van der Waals surface area (Å²) in [5.74, 6) is 3.60. The zero-order chi connectivity index (χ0) is 14.2. The second-order valence-electron chi connectivity index (χ2n) is 6.00. The van der Waals surface area contributed by atoms with Gasteiger partial charge in [-0.15, -0.1) is 0 Å². The maximum Gasteiger partial charge on any atom is 0.123 e. The predicted octanol–water partition coefficient (Wildman–Crippen LogP) is 5.17. The van der Waals surface area contributed by atoms with Crippen molar-refractivity contribution >= 4 is 16.5 Å². The van der Waals surface area contributed by atoms with Crippen LogP contribution >= 0.6 is 0 Å². The molecule has 2 aromatic carbocycles. The maximum absolute atomic E-state index is 5.95. The Labute approximate surface area is 124 Å². The fraction of sp³-hybridized carbons (Fsp3) is 0.263. The van der Waals surface area contributed by atoms with E-state index in [1.54, 1.807) is 0 Å². The molecule has 1 aliphatic rings. The highest BCUT2D eigenvalue weighted by Gasteiger charge is 2.36. The van der Waals surface area contributed by atoms with E-state index in [0.717, 1.165) is 29.7 Å². The lowest BCUT2D eigenvalue weighted by Crippen LogP contribution is -1.98. The first kappa shape index (κ1) is 12.5. The quantitative estimate of drug-likeness (QED) is 0.711. The number of rotatable bonds is 4. The van der Waals surface area contributed by atoms with E-state index in [1.807, 2.05) is 0 Å². The van der Waals surface area contributed by atoms with E-state index >= 15 is 0 Å². The van der Waals surface area contributed by atoms with Crippen LogP contribution in [-0.4, -0.2) is 0 Å². The van der Waals surface area contributed by atoms with Crippen molar-refractivity contribution in [2.24, 2.45) is 5.92 Å². The standard InChI is InChI=1S/C19H19NO/c1-13-11-17(13)19-10-9-15(21-19)12-20-18-8-4-6-14-5-2-3-7-16(14)18/h2-10,13,17,20H,11-12H2,1H3. The fourth-order valence-electron chi connectivity index (χ4n) is 2.97. The van der Waals surface area contributed by atoms with Gasteiger partial charge in [-0.1, -0.05) is 43.3 Å². The number of fused-ring (bicyclic) bond motifs is 1. The van der Waals surface area contributed by atoms with Crippen molar-refractivity contribution in [2.45, 2.75) is 25.8 Å². The van der Waals surface area contributed by atoms with Gasteiger partial charge < -0.3 is 9.73 Å². The molecule has 0 spiro atoms. The Balaban J connectivity index is 1.52. The van der Waals surface area contributed by atoms with E-state index in [-0.39, 0.29) is 0 Å². The lowest BCUT2D eigenvalue weighted by atomic mass is 10.1. The Hall–Kier alpha value is -2.22. The molecule has 0 amide bonds. The lowest BCUT2D eigenvalue weighted by molar-refractivity contribution is 0.468. The summed E-state index contributed by atoms with van der Waals surface area (Å²) in [5.41, 5.74) is 1.16. The molecule has 3 aromatic rings. The Morgan fingerprint density at radius 1 is 1.05 bits per heavy atom. The van der Waals surface area contributed by atoms with E-state index in [4.69, 9.17) is 4.42 Å². The molecule has 2 nitrogen and oxygen atoms in total. The first-order chi connectivity index (χ1) is 10.3. The smallest absolute Gasteiger partial charge is 0.123 e. The molecule has 1 aliphatic carbocycles. The summed E-state index contributed by atoms with van der Waals surface area (Å²) >= 11 is 0. The largest absolute Gasteiger partial charge is 0.464 e. The van der Waals surface area contributed by atoms with Crippen molar-refractivity contribution in [1.82, 2.24) is 0 Å². The first-order valence-corrected chi connectivity index (χ1v) is 7.61. The molecule has 1 heterocycles. The fourth-order valence-corrected chi connectivity index (χ4v) is 2.97. The molecule has 21 heavy (non-hydrogen) atoms. The van der Waals surface area contributed by atoms with E-state index < -0.39 is 0 Å². The lowest BCUT2D eigenvalue weighted by Gasteiger charge is -2.08. The summed E-state index contributed by atoms with van der Waals surface area (Å²) in [7, 11) is 0. The van der Waals surface area contributed by atoms with Gasteiger partial charge in [0.25, 0.3) is 0 Å². The van der Waals surface area contributed by atoms with Gasteiger partial charge >= 0.3 is 0 Å². The van der Waals surface area contributed by atoms with Crippen LogP contribution in [0.4, 0.5) is 5.69 Å². The molecule has 1 fully saturated rings. The number of anilines is 1. The Morgan fingerprint density at radius 3 is 2.71 bits per heavy atom. The number of furan rings is 1. The monoisotopic (exact) mass is 277 g/mol. The first-order valence-electron chi connectivity index (χ1n) is 7.61. The molecule has 1 saturated carbocycles. The molecule has 0 radical (unpaired) electrons. The van der Waals surface area contributed by atoms with Crippen molar-refractivity contribution in [1.29, 1.82) is 0 Å². The van der Waals surface area contributed by atoms with Crippen molar-refractivity contribution in [3.8, 4) is 0 Å². The summed E-state index contributed by atoms with van der Waals surface area (Å²) in [5, 5.41) is 6.01. The highest BCUT2D eigenvalue weighted by atomic mass is 16.3. The van der Waals surface area contributed by atoms with Crippen LogP contribution < -0.4 is 5.32 Å². The van der Waals surface area contributed by atoms with Crippen LogP contribution in [0, 0.1) is 5.92 Å². The minimum absolute atomic E-state index is 0.649. The van der Waals surface area contributed by atoms with Crippen LogP contribution in [0.15, 0.2) is 59.0 Å². The average Bonchev–Trinajstić information content (AvgIpc) is 3.07. The Bertz CT molecular complexity index is 769. The third kappa shape index (κ3) is 2.42. The molecule has 2 atom stereocenters. The zero-order valence-corrected chi connectivity index (χ0v) is 12.2. The summed E-state index contributed by atoms with van der Waals surface area (Å²) in [4.78, 5) is 0. The van der Waals surface area contributed by atoms with Crippen LogP contribution in [0.3, 0.4) is 0 Å². The molecule has 4 rings (SSSR count). The third-order valence-electron chi connectivity index (χ3n) is 4.40. The molecule has 1 aromatic heterocycles. The molecule has 0 saturated heterocycles. The molecule has 2 unspecified atom stereocenters. The summed E-state index contributed by atoms with van der Waals surface area (Å²) in [6.45, 7) is 3.01. The van der Waals surface area contributed by atoms with E-state index in [1.165, 1.54) is 17.2 Å². The predicted molar refractivity (Wildman–Crippen MR) is 86.5 cm³/mol. The van der Waals surface area contributed by atoms with E-state index in [9.17, 15) is 0 Å². The van der Waals surface area contributed by atoms with Gasteiger partial charge in [-0.05, 0) is 35.9 Å². The van der Waals surface area contributed by atoms with Gasteiger partial charge in [-0.25, -0.2) is 0 Å². The second kappa shape index (κ2) is 4.96. The summed E-state index contributed by atoms with van der Waals surface area (Å²) in [6.07, 6.45) is 1.27. The average molecular weight is 277 g/mol. The Morgan fingerprint density at radius 2 is 1.86 bits per heavy atom. The SMILES string of the molecule is CC1CC1c1ccc(CNc2cccc3ccccc23)o1. The van der Waals surface area contributed by atoms with Crippen molar-refractivity contribution in [3.05, 3.63) is 66.1 Å². The van der Waals surface area contributed by atoms with Gasteiger partial charge in [-0.2, -0.15) is 0 Å². The number of hydrogen-bond acceptors (Lipinski definition) is 2. The number of hydrogen-bond donors (Lipinski definition) is 1. The van der Waals surface area contributed by atoms with Gasteiger partial charge in [0.2, 0.25) is 0 Å². The van der Waals surface area contributed by atoms with Gasteiger partial charge in [0.05, 0.1) is 6.54 Å². The van der Waals surface area contributed by atoms with Crippen LogP contribution in [0.2, 0.25) is 0 Å². The normalized spacial score (nSPS) is 20.6. The molecule has 0 aliphatic heterocycles. The minimum atomic E-state index is 0.649. The van der Waals surface area contributed by atoms with Gasteiger partial charge in [0, 0.05) is 17.0 Å². The van der Waals surface area contributed by atoms with E-state index in [2.05, 4.69) is 66.8 Å². The zero-order valence-electron chi connectivity index (χ0n) is 12.2. The molecule has 2 heteroatoms. The van der Waals surface area contributed by atoms with Crippen LogP contribution in [0.1, 0.15) is 30.8 Å². The second-order valence-corrected chi connectivity index (χ2v) is 6.00. The summed E-state index contributed by atoms with van der Waals surface area (Å²) in [6, 6.07) is 19.0. The Kier molecular flexibility index (Phi) is 2.95. The van der Waals surface area contributed by atoms with Crippen molar-refractivity contribution in [2.75, 3.05) is 5.32 Å². The molecule has 106 valence electrons.